The molecule has 3 rings (SSSR count). The Labute approximate surface area is 148 Å². The highest BCUT2D eigenvalue weighted by atomic mass is 16.5. The maximum atomic E-state index is 12.7. The monoisotopic (exact) mass is 340 g/mol. The van der Waals surface area contributed by atoms with Crippen molar-refractivity contribution >= 4 is 11.6 Å². The molecule has 1 fully saturated rings. The van der Waals surface area contributed by atoms with Gasteiger partial charge in [0, 0.05) is 43.5 Å². The van der Waals surface area contributed by atoms with Gasteiger partial charge in [-0.1, -0.05) is 24.3 Å². The molecule has 2 aromatic rings. The van der Waals surface area contributed by atoms with Gasteiger partial charge in [-0.25, -0.2) is 0 Å². The van der Waals surface area contributed by atoms with Gasteiger partial charge in [0.25, 0.3) is 0 Å². The molecular weight excluding hydrogens is 316 g/mol. The molecule has 0 atom stereocenters. The second-order valence-corrected chi connectivity index (χ2v) is 6.06. The van der Waals surface area contributed by atoms with Crippen molar-refractivity contribution in [2.45, 2.75) is 6.42 Å². The van der Waals surface area contributed by atoms with Crippen molar-refractivity contribution in [1.82, 2.24) is 4.90 Å². The highest BCUT2D eigenvalue weighted by molar-refractivity contribution is 5.80. The van der Waals surface area contributed by atoms with Crippen molar-refractivity contribution in [1.29, 1.82) is 0 Å². The van der Waals surface area contributed by atoms with Gasteiger partial charge in [0.2, 0.25) is 5.91 Å². The van der Waals surface area contributed by atoms with E-state index in [-0.39, 0.29) is 5.91 Å². The predicted molar refractivity (Wildman–Crippen MR) is 98.5 cm³/mol. The Kier molecular flexibility index (Phi) is 5.43. The lowest BCUT2D eigenvalue weighted by molar-refractivity contribution is -0.130. The van der Waals surface area contributed by atoms with E-state index in [9.17, 15) is 4.79 Å². The van der Waals surface area contributed by atoms with Crippen LogP contribution in [0.15, 0.2) is 48.5 Å². The third kappa shape index (κ3) is 4.05. The van der Waals surface area contributed by atoms with Crippen molar-refractivity contribution in [3.63, 3.8) is 0 Å². The molecule has 1 aliphatic heterocycles. The molecule has 0 radical (unpaired) electrons. The van der Waals surface area contributed by atoms with E-state index in [1.807, 2.05) is 41.3 Å². The van der Waals surface area contributed by atoms with E-state index in [2.05, 4.69) is 17.0 Å². The summed E-state index contributed by atoms with van der Waals surface area (Å²) in [6, 6.07) is 15.9. The number of piperazine rings is 1. The van der Waals surface area contributed by atoms with E-state index in [1.165, 1.54) is 5.69 Å². The number of methoxy groups -OCH3 is 2. The fourth-order valence-electron chi connectivity index (χ4n) is 3.13. The van der Waals surface area contributed by atoms with Gasteiger partial charge in [-0.15, -0.1) is 0 Å². The lowest BCUT2D eigenvalue weighted by atomic mass is 10.1. The van der Waals surface area contributed by atoms with Gasteiger partial charge in [0.1, 0.15) is 11.5 Å². The first-order chi connectivity index (χ1) is 12.2. The summed E-state index contributed by atoms with van der Waals surface area (Å²) in [4.78, 5) is 16.9. The predicted octanol–water partition coefficient (Wildman–Crippen LogP) is 2.60. The number of hydrogen-bond acceptors (Lipinski definition) is 4. The van der Waals surface area contributed by atoms with Crippen LogP contribution < -0.4 is 14.4 Å². The topological polar surface area (TPSA) is 42.0 Å². The van der Waals surface area contributed by atoms with E-state index < -0.39 is 0 Å². The summed E-state index contributed by atoms with van der Waals surface area (Å²) in [5.41, 5.74) is 2.10. The molecule has 5 heteroatoms. The van der Waals surface area contributed by atoms with Crippen molar-refractivity contribution < 1.29 is 14.3 Å². The largest absolute Gasteiger partial charge is 0.497 e. The molecule has 0 saturated carbocycles. The number of carbonyl (C=O) groups excluding carboxylic acids is 1. The smallest absolute Gasteiger partial charge is 0.227 e. The first kappa shape index (κ1) is 17.1. The Morgan fingerprint density at radius 3 is 2.32 bits per heavy atom. The quantitative estimate of drug-likeness (QED) is 0.839. The van der Waals surface area contributed by atoms with Gasteiger partial charge in [0.15, 0.2) is 0 Å². The molecule has 1 heterocycles. The SMILES string of the molecule is COc1ccc(CC(=O)N2CCN(c3ccccc3)CC2)c(OC)c1. The van der Waals surface area contributed by atoms with Gasteiger partial charge >= 0.3 is 0 Å². The Balaban J connectivity index is 1.60. The molecule has 2 aromatic carbocycles. The first-order valence-corrected chi connectivity index (χ1v) is 8.50. The number of carbonyl (C=O) groups is 1. The van der Waals surface area contributed by atoms with Crippen LogP contribution in [0.5, 0.6) is 11.5 Å². The van der Waals surface area contributed by atoms with Gasteiger partial charge in [-0.3, -0.25) is 4.79 Å². The summed E-state index contributed by atoms with van der Waals surface area (Å²) in [6.07, 6.45) is 0.346. The Morgan fingerprint density at radius 2 is 1.68 bits per heavy atom. The number of ether oxygens (including phenoxy) is 2. The summed E-state index contributed by atoms with van der Waals surface area (Å²) >= 11 is 0. The average Bonchev–Trinajstić information content (AvgIpc) is 2.69. The Hall–Kier alpha value is -2.69. The minimum Gasteiger partial charge on any atom is -0.497 e. The summed E-state index contributed by atoms with van der Waals surface area (Å²) in [5.74, 6) is 1.55. The molecule has 0 unspecified atom stereocenters. The van der Waals surface area contributed by atoms with Crippen LogP contribution in [0.2, 0.25) is 0 Å². The number of hydrogen-bond donors (Lipinski definition) is 0. The number of anilines is 1. The third-order valence-corrected chi connectivity index (χ3v) is 4.59. The molecule has 0 bridgehead atoms. The van der Waals surface area contributed by atoms with Crippen LogP contribution in [0.3, 0.4) is 0 Å². The Morgan fingerprint density at radius 1 is 0.960 bits per heavy atom. The maximum Gasteiger partial charge on any atom is 0.227 e. The fourth-order valence-corrected chi connectivity index (χ4v) is 3.13. The lowest BCUT2D eigenvalue weighted by Crippen LogP contribution is -2.49. The maximum absolute atomic E-state index is 12.7. The van der Waals surface area contributed by atoms with Gasteiger partial charge in [-0.05, 0) is 18.2 Å². The van der Waals surface area contributed by atoms with E-state index in [4.69, 9.17) is 9.47 Å². The molecule has 0 N–H and O–H groups in total. The van der Waals surface area contributed by atoms with Gasteiger partial charge in [-0.2, -0.15) is 0 Å². The molecular formula is C20H24N2O3. The molecule has 1 saturated heterocycles. The minimum absolute atomic E-state index is 0.135. The number of nitrogens with zero attached hydrogens (tertiary/aromatic N) is 2. The second kappa shape index (κ2) is 7.92. The van der Waals surface area contributed by atoms with Crippen LogP contribution in [-0.4, -0.2) is 51.2 Å². The fraction of sp³-hybridized carbons (Fsp3) is 0.350. The first-order valence-electron chi connectivity index (χ1n) is 8.50. The molecule has 1 amide bonds. The molecule has 132 valence electrons. The van der Waals surface area contributed by atoms with Crippen LogP contribution in [0.1, 0.15) is 5.56 Å². The van der Waals surface area contributed by atoms with E-state index in [0.717, 1.165) is 37.5 Å². The van der Waals surface area contributed by atoms with E-state index >= 15 is 0 Å². The van der Waals surface area contributed by atoms with Crippen molar-refractivity contribution in [3.05, 3.63) is 54.1 Å². The standard InChI is InChI=1S/C20H24N2O3/c1-24-18-9-8-16(19(15-18)25-2)14-20(23)22-12-10-21(11-13-22)17-6-4-3-5-7-17/h3-9,15H,10-14H2,1-2H3. The highest BCUT2D eigenvalue weighted by Gasteiger charge is 2.22. The van der Waals surface area contributed by atoms with Gasteiger partial charge < -0.3 is 19.3 Å². The molecule has 0 aromatic heterocycles. The van der Waals surface area contributed by atoms with Gasteiger partial charge in [0.05, 0.1) is 20.6 Å². The molecule has 25 heavy (non-hydrogen) atoms. The summed E-state index contributed by atoms with van der Waals surface area (Å²) < 4.78 is 10.6. The number of benzene rings is 2. The summed E-state index contributed by atoms with van der Waals surface area (Å²) in [5, 5.41) is 0. The molecule has 5 nitrogen and oxygen atoms in total. The number of amides is 1. The van der Waals surface area contributed by atoms with Crippen molar-refractivity contribution in [2.24, 2.45) is 0 Å². The van der Waals surface area contributed by atoms with Crippen LogP contribution in [0, 0.1) is 0 Å². The van der Waals surface area contributed by atoms with Crippen LogP contribution >= 0.6 is 0 Å². The Bertz CT molecular complexity index is 710. The second-order valence-electron chi connectivity index (χ2n) is 6.06. The van der Waals surface area contributed by atoms with E-state index in [0.29, 0.717) is 12.2 Å². The lowest BCUT2D eigenvalue weighted by Gasteiger charge is -2.36. The zero-order valence-corrected chi connectivity index (χ0v) is 14.8. The van der Waals surface area contributed by atoms with Crippen LogP contribution in [0.4, 0.5) is 5.69 Å². The highest BCUT2D eigenvalue weighted by Crippen LogP contribution is 2.25. The average molecular weight is 340 g/mol. The minimum atomic E-state index is 0.135. The number of rotatable bonds is 5. The van der Waals surface area contributed by atoms with Crippen molar-refractivity contribution in [2.75, 3.05) is 45.3 Å². The summed E-state index contributed by atoms with van der Waals surface area (Å²) in [6.45, 7) is 3.20. The van der Waals surface area contributed by atoms with Crippen molar-refractivity contribution in [3.8, 4) is 11.5 Å². The van der Waals surface area contributed by atoms with Crippen LogP contribution in [-0.2, 0) is 11.2 Å². The van der Waals surface area contributed by atoms with E-state index in [1.54, 1.807) is 14.2 Å². The summed E-state index contributed by atoms with van der Waals surface area (Å²) in [7, 11) is 3.23. The molecule has 0 aliphatic carbocycles. The van der Waals surface area contributed by atoms with Crippen LogP contribution in [0.25, 0.3) is 0 Å². The zero-order valence-electron chi connectivity index (χ0n) is 14.8. The normalized spacial score (nSPS) is 14.3. The zero-order chi connectivity index (χ0) is 17.6. The molecule has 0 spiro atoms. The molecule has 1 aliphatic rings. The third-order valence-electron chi connectivity index (χ3n) is 4.59. The number of para-hydroxylation sites is 1.